The standard InChI is InChI=1S/C19H21BrN2O3S/c1-3-22-9-8-14-15(11-22)26-18(16(14)19(24)25-4-2)21-17(23)12-6-5-7-13(20)10-12/h5-7,10H,3-4,8-9,11H2,1-2H3,(H,21,23). The number of carbonyl (C=O) groups is 2. The van der Waals surface area contributed by atoms with E-state index >= 15 is 0 Å². The van der Waals surface area contributed by atoms with E-state index in [0.29, 0.717) is 22.7 Å². The van der Waals surface area contributed by atoms with E-state index in [-0.39, 0.29) is 11.9 Å². The molecule has 7 heteroatoms. The third kappa shape index (κ3) is 4.00. The van der Waals surface area contributed by atoms with Crippen LogP contribution in [0.2, 0.25) is 0 Å². The minimum absolute atomic E-state index is 0.234. The van der Waals surface area contributed by atoms with Crippen LogP contribution in [0.15, 0.2) is 28.7 Å². The van der Waals surface area contributed by atoms with E-state index in [9.17, 15) is 9.59 Å². The summed E-state index contributed by atoms with van der Waals surface area (Å²) in [5.41, 5.74) is 2.07. The van der Waals surface area contributed by atoms with Gasteiger partial charge >= 0.3 is 5.97 Å². The molecule has 1 aliphatic heterocycles. The number of nitrogens with one attached hydrogen (secondary N) is 1. The van der Waals surface area contributed by atoms with Gasteiger partial charge in [-0.2, -0.15) is 0 Å². The molecule has 2 heterocycles. The van der Waals surface area contributed by atoms with Crippen molar-refractivity contribution < 1.29 is 14.3 Å². The van der Waals surface area contributed by atoms with Crippen molar-refractivity contribution in [3.63, 3.8) is 0 Å². The van der Waals surface area contributed by atoms with E-state index in [1.807, 2.05) is 12.1 Å². The first-order chi connectivity index (χ1) is 12.5. The van der Waals surface area contributed by atoms with Crippen LogP contribution in [0.4, 0.5) is 5.00 Å². The monoisotopic (exact) mass is 436 g/mol. The lowest BCUT2D eigenvalue weighted by Gasteiger charge is -2.25. The van der Waals surface area contributed by atoms with Crippen molar-refractivity contribution in [3.05, 3.63) is 50.3 Å². The molecule has 5 nitrogen and oxygen atoms in total. The maximum atomic E-state index is 12.6. The first kappa shape index (κ1) is 19.1. The van der Waals surface area contributed by atoms with Gasteiger partial charge in [-0.25, -0.2) is 4.79 Å². The van der Waals surface area contributed by atoms with Gasteiger partial charge in [0.2, 0.25) is 0 Å². The van der Waals surface area contributed by atoms with E-state index in [0.717, 1.165) is 41.0 Å². The Bertz CT molecular complexity index is 834. The van der Waals surface area contributed by atoms with E-state index < -0.39 is 0 Å². The fourth-order valence-electron chi connectivity index (χ4n) is 3.04. The van der Waals surface area contributed by atoms with E-state index in [2.05, 4.69) is 33.1 Å². The van der Waals surface area contributed by atoms with Gasteiger partial charge in [0.05, 0.1) is 12.2 Å². The predicted molar refractivity (Wildman–Crippen MR) is 107 cm³/mol. The first-order valence-electron chi connectivity index (χ1n) is 8.64. The highest BCUT2D eigenvalue weighted by Crippen LogP contribution is 2.38. The van der Waals surface area contributed by atoms with Crippen molar-refractivity contribution in [2.24, 2.45) is 0 Å². The number of hydrogen-bond donors (Lipinski definition) is 1. The molecular weight excluding hydrogens is 416 g/mol. The molecule has 0 unspecified atom stereocenters. The smallest absolute Gasteiger partial charge is 0.341 e. The highest BCUT2D eigenvalue weighted by molar-refractivity contribution is 9.10. The van der Waals surface area contributed by atoms with Crippen molar-refractivity contribution in [3.8, 4) is 0 Å². The number of anilines is 1. The molecule has 1 amide bonds. The highest BCUT2D eigenvalue weighted by Gasteiger charge is 2.29. The highest BCUT2D eigenvalue weighted by atomic mass is 79.9. The Morgan fingerprint density at radius 2 is 2.15 bits per heavy atom. The largest absolute Gasteiger partial charge is 0.462 e. The van der Waals surface area contributed by atoms with Crippen LogP contribution in [0.5, 0.6) is 0 Å². The minimum atomic E-state index is -0.362. The summed E-state index contributed by atoms with van der Waals surface area (Å²) in [6.45, 7) is 6.90. The van der Waals surface area contributed by atoms with Crippen LogP contribution in [0.3, 0.4) is 0 Å². The lowest BCUT2D eigenvalue weighted by Crippen LogP contribution is -2.30. The molecule has 0 saturated carbocycles. The molecule has 0 fully saturated rings. The predicted octanol–water partition coefficient (Wildman–Crippen LogP) is 4.32. The number of fused-ring (bicyclic) bond motifs is 1. The zero-order valence-electron chi connectivity index (χ0n) is 14.8. The van der Waals surface area contributed by atoms with Gasteiger partial charge < -0.3 is 10.1 Å². The Labute approximate surface area is 165 Å². The Morgan fingerprint density at radius 1 is 1.35 bits per heavy atom. The number of esters is 1. The van der Waals surface area contributed by atoms with Crippen molar-refractivity contribution in [1.82, 2.24) is 4.90 Å². The average Bonchev–Trinajstić information content (AvgIpc) is 2.98. The van der Waals surface area contributed by atoms with Gasteiger partial charge in [0.1, 0.15) is 5.00 Å². The fraction of sp³-hybridized carbons (Fsp3) is 0.368. The van der Waals surface area contributed by atoms with Crippen LogP contribution in [0.25, 0.3) is 0 Å². The third-order valence-corrected chi connectivity index (χ3v) is 6.00. The summed E-state index contributed by atoms with van der Waals surface area (Å²) >= 11 is 4.85. The van der Waals surface area contributed by atoms with Crippen molar-refractivity contribution in [2.45, 2.75) is 26.8 Å². The molecule has 1 aromatic heterocycles. The van der Waals surface area contributed by atoms with Crippen LogP contribution in [0.1, 0.15) is 45.0 Å². The summed E-state index contributed by atoms with van der Waals surface area (Å²) in [5, 5.41) is 3.50. The zero-order chi connectivity index (χ0) is 18.7. The SMILES string of the molecule is CCOC(=O)c1c(NC(=O)c2cccc(Br)c2)sc2c1CCN(CC)C2. The van der Waals surface area contributed by atoms with Gasteiger partial charge in [-0.15, -0.1) is 11.3 Å². The number of thiophene rings is 1. The van der Waals surface area contributed by atoms with Crippen LogP contribution in [-0.2, 0) is 17.7 Å². The maximum Gasteiger partial charge on any atom is 0.341 e. The van der Waals surface area contributed by atoms with Crippen LogP contribution >= 0.6 is 27.3 Å². The van der Waals surface area contributed by atoms with Crippen molar-refractivity contribution in [2.75, 3.05) is 25.0 Å². The molecule has 0 saturated heterocycles. The summed E-state index contributed by atoms with van der Waals surface area (Å²) in [4.78, 5) is 28.6. The topological polar surface area (TPSA) is 58.6 Å². The van der Waals surface area contributed by atoms with Crippen LogP contribution < -0.4 is 5.32 Å². The van der Waals surface area contributed by atoms with E-state index in [1.54, 1.807) is 19.1 Å². The normalized spacial score (nSPS) is 14.0. The molecule has 0 bridgehead atoms. The Morgan fingerprint density at radius 3 is 2.85 bits per heavy atom. The quantitative estimate of drug-likeness (QED) is 0.708. The zero-order valence-corrected chi connectivity index (χ0v) is 17.2. The lowest BCUT2D eigenvalue weighted by atomic mass is 10.0. The number of ether oxygens (including phenoxy) is 1. The molecule has 0 aliphatic carbocycles. The summed E-state index contributed by atoms with van der Waals surface area (Å²) in [6.07, 6.45) is 0.792. The van der Waals surface area contributed by atoms with Crippen molar-refractivity contribution >= 4 is 44.1 Å². The Balaban J connectivity index is 1.94. The third-order valence-electron chi connectivity index (χ3n) is 4.38. The summed E-state index contributed by atoms with van der Waals surface area (Å²) in [5.74, 6) is -0.595. The van der Waals surface area contributed by atoms with Crippen molar-refractivity contribution in [1.29, 1.82) is 0 Å². The number of amides is 1. The number of nitrogens with zero attached hydrogens (tertiary/aromatic N) is 1. The van der Waals surface area contributed by atoms with Gasteiger partial charge in [-0.05, 0) is 43.7 Å². The first-order valence-corrected chi connectivity index (χ1v) is 10.2. The summed E-state index contributed by atoms with van der Waals surface area (Å²) < 4.78 is 6.08. The fourth-order valence-corrected chi connectivity index (χ4v) is 4.71. The van der Waals surface area contributed by atoms with E-state index in [1.165, 1.54) is 11.3 Å². The number of hydrogen-bond acceptors (Lipinski definition) is 5. The van der Waals surface area contributed by atoms with Gasteiger partial charge in [-0.1, -0.05) is 28.9 Å². The van der Waals surface area contributed by atoms with Gasteiger partial charge in [0.15, 0.2) is 0 Å². The van der Waals surface area contributed by atoms with E-state index in [4.69, 9.17) is 4.74 Å². The lowest BCUT2D eigenvalue weighted by molar-refractivity contribution is 0.0526. The second-order valence-corrected chi connectivity index (χ2v) is 8.03. The molecule has 0 radical (unpaired) electrons. The van der Waals surface area contributed by atoms with Crippen LogP contribution in [-0.4, -0.2) is 36.5 Å². The van der Waals surface area contributed by atoms with Gasteiger partial charge in [0, 0.05) is 28.0 Å². The Hall–Kier alpha value is -1.70. The second-order valence-electron chi connectivity index (χ2n) is 6.01. The molecule has 1 aliphatic rings. The molecule has 0 atom stereocenters. The molecule has 2 aromatic rings. The molecule has 138 valence electrons. The Kier molecular flexibility index (Phi) is 6.11. The van der Waals surface area contributed by atoms with Gasteiger partial charge in [-0.3, -0.25) is 9.69 Å². The summed E-state index contributed by atoms with van der Waals surface area (Å²) in [7, 11) is 0. The molecule has 1 N–H and O–H groups in total. The number of likely N-dealkylation sites (N-methyl/N-ethyl adjacent to an activating group) is 1. The molecule has 3 rings (SSSR count). The maximum absolute atomic E-state index is 12.6. The van der Waals surface area contributed by atoms with Gasteiger partial charge in [0.25, 0.3) is 5.91 Å². The molecule has 1 aromatic carbocycles. The van der Waals surface area contributed by atoms with Crippen LogP contribution in [0, 0.1) is 0 Å². The number of benzene rings is 1. The number of rotatable bonds is 5. The summed E-state index contributed by atoms with van der Waals surface area (Å²) in [6, 6.07) is 7.18. The molecule has 26 heavy (non-hydrogen) atoms. The number of halogens is 1. The molecule has 0 spiro atoms. The second kappa shape index (κ2) is 8.33. The molecular formula is C19H21BrN2O3S. The minimum Gasteiger partial charge on any atom is -0.462 e. The number of carbonyl (C=O) groups excluding carboxylic acids is 2. The average molecular weight is 437 g/mol.